The minimum atomic E-state index is 0.361. The molecule has 0 saturated heterocycles. The molecule has 128 valence electrons. The minimum absolute atomic E-state index is 0.361. The first-order chi connectivity index (χ1) is 10.9. The van der Waals surface area contributed by atoms with Crippen LogP contribution in [-0.4, -0.2) is 27.0 Å². The van der Waals surface area contributed by atoms with E-state index in [1.165, 1.54) is 24.8 Å². The van der Waals surface area contributed by atoms with Gasteiger partial charge in [0.25, 0.3) is 0 Å². The number of thioether (sulfide) groups is 1. The summed E-state index contributed by atoms with van der Waals surface area (Å²) in [6, 6.07) is 6.60. The van der Waals surface area contributed by atoms with Crippen LogP contribution in [0.5, 0.6) is 0 Å². The number of rotatable bonds is 9. The number of aromatic nitrogens is 2. The van der Waals surface area contributed by atoms with Gasteiger partial charge in [0.15, 0.2) is 0 Å². The van der Waals surface area contributed by atoms with Gasteiger partial charge in [-0.15, -0.1) is 0 Å². The van der Waals surface area contributed by atoms with E-state index >= 15 is 0 Å². The molecule has 0 radical (unpaired) electrons. The summed E-state index contributed by atoms with van der Waals surface area (Å²) in [4.78, 5) is 8.05. The first-order valence-corrected chi connectivity index (χ1v) is 9.81. The Balaban J connectivity index is 1.95. The van der Waals surface area contributed by atoms with Crippen LogP contribution in [0.25, 0.3) is 11.0 Å². The van der Waals surface area contributed by atoms with Crippen molar-refractivity contribution in [3.05, 3.63) is 23.8 Å². The summed E-state index contributed by atoms with van der Waals surface area (Å²) in [5.41, 5.74) is 3.57. The van der Waals surface area contributed by atoms with E-state index in [1.54, 1.807) is 0 Å². The second-order valence-electron chi connectivity index (χ2n) is 6.94. The Bertz CT molecular complexity index is 618. The zero-order chi connectivity index (χ0) is 16.9. The molecule has 23 heavy (non-hydrogen) atoms. The zero-order valence-corrected chi connectivity index (χ0v) is 16.0. The third-order valence-corrected chi connectivity index (χ3v) is 6.01. The summed E-state index contributed by atoms with van der Waals surface area (Å²) < 4.78 is 0.361. The number of nitrogens with zero attached hydrogens (tertiary/aromatic N) is 1. The molecule has 2 aromatic rings. The van der Waals surface area contributed by atoms with E-state index in [1.807, 2.05) is 11.8 Å². The van der Waals surface area contributed by atoms with Crippen LogP contribution in [0.1, 0.15) is 65.4 Å². The van der Waals surface area contributed by atoms with Crippen LogP contribution in [0, 0.1) is 0 Å². The van der Waals surface area contributed by atoms with Crippen molar-refractivity contribution in [3.63, 3.8) is 0 Å². The van der Waals surface area contributed by atoms with Crippen LogP contribution in [-0.2, 0) is 0 Å². The molecule has 0 fully saturated rings. The predicted molar refractivity (Wildman–Crippen MR) is 105 cm³/mol. The minimum Gasteiger partial charge on any atom is -0.355 e. The zero-order valence-electron chi connectivity index (χ0n) is 15.2. The number of H-pyrrole nitrogens is 1. The third kappa shape index (κ3) is 5.17. The van der Waals surface area contributed by atoms with E-state index in [4.69, 9.17) is 0 Å². The molecule has 0 aliphatic rings. The lowest BCUT2D eigenvalue weighted by Gasteiger charge is -2.21. The van der Waals surface area contributed by atoms with Gasteiger partial charge in [-0.3, -0.25) is 0 Å². The number of hydrogen-bond donors (Lipinski definition) is 2. The van der Waals surface area contributed by atoms with Crippen molar-refractivity contribution in [2.24, 2.45) is 0 Å². The van der Waals surface area contributed by atoms with Crippen LogP contribution in [0.2, 0.25) is 0 Å². The molecule has 1 aromatic heterocycles. The quantitative estimate of drug-likeness (QED) is 0.570. The Morgan fingerprint density at radius 1 is 1.30 bits per heavy atom. The van der Waals surface area contributed by atoms with Crippen molar-refractivity contribution in [1.29, 1.82) is 0 Å². The second-order valence-corrected chi connectivity index (χ2v) is 8.74. The standard InChI is InChI=1S/C19H31N3S/c1-6-8-14(3)15-9-10-16-17(13-15)22-18(21-16)20-11-12-23-19(4,5)7-2/h9-10,13-14H,6-8,11-12H2,1-5H3,(H2,20,21,22). The highest BCUT2D eigenvalue weighted by Crippen LogP contribution is 2.27. The molecule has 1 heterocycles. The Labute approximate surface area is 145 Å². The SMILES string of the molecule is CCCC(C)c1ccc2nc(NCCSC(C)(C)CC)[nH]c2c1. The number of imidazole rings is 1. The van der Waals surface area contributed by atoms with Crippen molar-refractivity contribution in [2.75, 3.05) is 17.6 Å². The van der Waals surface area contributed by atoms with Crippen LogP contribution in [0.4, 0.5) is 5.95 Å². The maximum Gasteiger partial charge on any atom is 0.201 e. The molecule has 0 spiro atoms. The molecular formula is C19H31N3S. The molecule has 1 unspecified atom stereocenters. The Morgan fingerprint density at radius 2 is 2.09 bits per heavy atom. The molecule has 0 aliphatic heterocycles. The Kier molecular flexibility index (Phi) is 6.40. The number of nitrogens with one attached hydrogen (secondary N) is 2. The summed E-state index contributed by atoms with van der Waals surface area (Å²) in [6.07, 6.45) is 3.65. The summed E-state index contributed by atoms with van der Waals surface area (Å²) in [6.45, 7) is 12.3. The number of anilines is 1. The lowest BCUT2D eigenvalue weighted by molar-refractivity contribution is 0.665. The largest absolute Gasteiger partial charge is 0.355 e. The van der Waals surface area contributed by atoms with E-state index in [9.17, 15) is 0 Å². The van der Waals surface area contributed by atoms with Crippen LogP contribution in [0.15, 0.2) is 18.2 Å². The average molecular weight is 334 g/mol. The van der Waals surface area contributed by atoms with E-state index < -0.39 is 0 Å². The molecule has 0 saturated carbocycles. The normalized spacial score (nSPS) is 13.4. The van der Waals surface area contributed by atoms with Crippen LogP contribution >= 0.6 is 11.8 Å². The fourth-order valence-corrected chi connectivity index (χ4v) is 3.58. The van der Waals surface area contributed by atoms with Gasteiger partial charge in [-0.05, 0) is 36.5 Å². The molecule has 2 rings (SSSR count). The number of hydrogen-bond acceptors (Lipinski definition) is 3. The molecular weight excluding hydrogens is 302 g/mol. The Hall–Kier alpha value is -1.16. The fraction of sp³-hybridized carbons (Fsp3) is 0.632. The van der Waals surface area contributed by atoms with E-state index in [2.05, 4.69) is 68.1 Å². The molecule has 1 atom stereocenters. The number of aromatic amines is 1. The maximum atomic E-state index is 4.64. The summed E-state index contributed by atoms with van der Waals surface area (Å²) >= 11 is 2.01. The molecule has 4 heteroatoms. The third-order valence-electron chi connectivity index (χ3n) is 4.54. The van der Waals surface area contributed by atoms with Crippen molar-refractivity contribution >= 4 is 28.7 Å². The van der Waals surface area contributed by atoms with Gasteiger partial charge in [0.2, 0.25) is 5.95 Å². The van der Waals surface area contributed by atoms with E-state index in [0.717, 1.165) is 29.3 Å². The number of fused-ring (bicyclic) bond motifs is 1. The maximum absolute atomic E-state index is 4.64. The number of benzene rings is 1. The van der Waals surface area contributed by atoms with Gasteiger partial charge in [0.05, 0.1) is 11.0 Å². The van der Waals surface area contributed by atoms with Crippen molar-refractivity contribution in [3.8, 4) is 0 Å². The summed E-state index contributed by atoms with van der Waals surface area (Å²) in [5, 5.41) is 3.42. The predicted octanol–water partition coefficient (Wildman–Crippen LogP) is 5.80. The van der Waals surface area contributed by atoms with Crippen LogP contribution in [0.3, 0.4) is 0 Å². The lowest BCUT2D eigenvalue weighted by Crippen LogP contribution is -2.16. The fourth-order valence-electron chi connectivity index (χ4n) is 2.62. The topological polar surface area (TPSA) is 40.7 Å². The van der Waals surface area contributed by atoms with Crippen LogP contribution < -0.4 is 5.32 Å². The van der Waals surface area contributed by atoms with Crippen molar-refractivity contribution < 1.29 is 0 Å². The highest BCUT2D eigenvalue weighted by Gasteiger charge is 2.14. The van der Waals surface area contributed by atoms with E-state index in [0.29, 0.717) is 10.7 Å². The van der Waals surface area contributed by atoms with Crippen molar-refractivity contribution in [2.45, 2.75) is 64.5 Å². The molecule has 3 nitrogen and oxygen atoms in total. The first kappa shape index (κ1) is 18.2. The highest BCUT2D eigenvalue weighted by atomic mass is 32.2. The molecule has 0 amide bonds. The highest BCUT2D eigenvalue weighted by molar-refractivity contribution is 8.00. The lowest BCUT2D eigenvalue weighted by atomic mass is 9.96. The van der Waals surface area contributed by atoms with Gasteiger partial charge >= 0.3 is 0 Å². The molecule has 0 aliphatic carbocycles. The van der Waals surface area contributed by atoms with Gasteiger partial charge in [-0.2, -0.15) is 11.8 Å². The average Bonchev–Trinajstić information content (AvgIpc) is 2.93. The second kappa shape index (κ2) is 8.09. The molecule has 1 aromatic carbocycles. The van der Waals surface area contributed by atoms with Gasteiger partial charge in [0.1, 0.15) is 0 Å². The van der Waals surface area contributed by atoms with Crippen molar-refractivity contribution in [1.82, 2.24) is 9.97 Å². The smallest absolute Gasteiger partial charge is 0.201 e. The van der Waals surface area contributed by atoms with Gasteiger partial charge in [0, 0.05) is 17.0 Å². The summed E-state index contributed by atoms with van der Waals surface area (Å²) in [7, 11) is 0. The first-order valence-electron chi connectivity index (χ1n) is 8.82. The summed E-state index contributed by atoms with van der Waals surface area (Å²) in [5.74, 6) is 2.59. The Morgan fingerprint density at radius 3 is 2.78 bits per heavy atom. The monoisotopic (exact) mass is 333 g/mol. The van der Waals surface area contributed by atoms with Gasteiger partial charge in [-0.25, -0.2) is 4.98 Å². The van der Waals surface area contributed by atoms with Gasteiger partial charge in [-0.1, -0.05) is 47.1 Å². The molecule has 0 bridgehead atoms. The van der Waals surface area contributed by atoms with Gasteiger partial charge < -0.3 is 10.3 Å². The molecule has 2 N–H and O–H groups in total. The van der Waals surface area contributed by atoms with E-state index in [-0.39, 0.29) is 0 Å².